The largest absolute Gasteiger partial charge is 0.290 e. The molecule has 0 aromatic heterocycles. The molecule has 0 unspecified atom stereocenters. The molecule has 0 aliphatic carbocycles. The number of halogens is 1. The SMILES string of the molecule is [O]c1ccc2cc(Br)ccc2c1. The Labute approximate surface area is 78.8 Å². The Morgan fingerprint density at radius 3 is 2.42 bits per heavy atom. The minimum Gasteiger partial charge on any atom is -0.290 e. The summed E-state index contributed by atoms with van der Waals surface area (Å²) in [5, 5.41) is 13.0. The van der Waals surface area contributed by atoms with Gasteiger partial charge in [-0.1, -0.05) is 28.1 Å². The van der Waals surface area contributed by atoms with Crippen LogP contribution in [0.3, 0.4) is 0 Å². The number of benzene rings is 2. The summed E-state index contributed by atoms with van der Waals surface area (Å²) < 4.78 is 1.04. The van der Waals surface area contributed by atoms with Gasteiger partial charge in [0.1, 0.15) is 0 Å². The Morgan fingerprint density at radius 1 is 0.917 bits per heavy atom. The zero-order chi connectivity index (χ0) is 8.55. The molecule has 2 rings (SSSR count). The topological polar surface area (TPSA) is 19.9 Å². The standard InChI is InChI=1S/C10H6BrO/c11-9-3-1-8-6-10(12)4-2-7(8)5-9/h1-6H. The maximum absolute atomic E-state index is 11.0. The van der Waals surface area contributed by atoms with Gasteiger partial charge in [-0.3, -0.25) is 5.11 Å². The van der Waals surface area contributed by atoms with E-state index >= 15 is 0 Å². The second-order valence-electron chi connectivity index (χ2n) is 2.65. The van der Waals surface area contributed by atoms with Gasteiger partial charge in [0.2, 0.25) is 0 Å². The van der Waals surface area contributed by atoms with Crippen molar-refractivity contribution in [2.75, 3.05) is 0 Å². The molecule has 59 valence electrons. The summed E-state index contributed by atoms with van der Waals surface area (Å²) in [4.78, 5) is 0. The van der Waals surface area contributed by atoms with E-state index in [1.54, 1.807) is 12.1 Å². The average molecular weight is 222 g/mol. The number of rotatable bonds is 0. The van der Waals surface area contributed by atoms with Crippen LogP contribution in [0, 0.1) is 0 Å². The summed E-state index contributed by atoms with van der Waals surface area (Å²) in [7, 11) is 0. The van der Waals surface area contributed by atoms with Gasteiger partial charge in [-0.05, 0) is 35.0 Å². The Bertz CT molecular complexity index is 382. The monoisotopic (exact) mass is 221 g/mol. The molecule has 0 N–H and O–H groups in total. The number of hydrogen-bond donors (Lipinski definition) is 0. The van der Waals surface area contributed by atoms with E-state index in [1.165, 1.54) is 0 Å². The first-order valence-electron chi connectivity index (χ1n) is 3.62. The Kier molecular flexibility index (Phi) is 1.77. The highest BCUT2D eigenvalue weighted by Crippen LogP contribution is 2.23. The van der Waals surface area contributed by atoms with Gasteiger partial charge in [-0.2, -0.15) is 0 Å². The predicted octanol–water partition coefficient (Wildman–Crippen LogP) is 3.75. The van der Waals surface area contributed by atoms with Crippen molar-refractivity contribution in [2.24, 2.45) is 0 Å². The van der Waals surface area contributed by atoms with Crippen LogP contribution in [-0.2, 0) is 5.11 Å². The molecule has 0 saturated heterocycles. The lowest BCUT2D eigenvalue weighted by Crippen LogP contribution is -1.71. The molecule has 0 heterocycles. The Morgan fingerprint density at radius 2 is 1.58 bits per heavy atom. The van der Waals surface area contributed by atoms with Gasteiger partial charge in [0.05, 0.1) is 0 Å². The number of hydrogen-bond acceptors (Lipinski definition) is 0. The third kappa shape index (κ3) is 1.30. The fourth-order valence-corrected chi connectivity index (χ4v) is 1.57. The fraction of sp³-hybridized carbons (Fsp3) is 0. The molecule has 0 aliphatic rings. The van der Waals surface area contributed by atoms with Crippen molar-refractivity contribution in [2.45, 2.75) is 0 Å². The quantitative estimate of drug-likeness (QED) is 0.646. The summed E-state index contributed by atoms with van der Waals surface area (Å²) in [5.74, 6) is 0.0600. The molecule has 2 aromatic rings. The van der Waals surface area contributed by atoms with Gasteiger partial charge in [0.15, 0.2) is 5.75 Å². The molecule has 0 spiro atoms. The molecule has 0 saturated carbocycles. The maximum atomic E-state index is 11.0. The lowest BCUT2D eigenvalue weighted by Gasteiger charge is -1.97. The highest BCUT2D eigenvalue weighted by Gasteiger charge is 1.96. The smallest absolute Gasteiger partial charge is 0.179 e. The van der Waals surface area contributed by atoms with Crippen LogP contribution in [0.15, 0.2) is 40.9 Å². The van der Waals surface area contributed by atoms with Gasteiger partial charge in [-0.25, -0.2) is 0 Å². The lowest BCUT2D eigenvalue weighted by molar-refractivity contribution is 0.355. The van der Waals surface area contributed by atoms with E-state index in [0.717, 1.165) is 15.2 Å². The van der Waals surface area contributed by atoms with Gasteiger partial charge in [0, 0.05) is 4.47 Å². The molecule has 12 heavy (non-hydrogen) atoms. The molecule has 1 nitrogen and oxygen atoms in total. The third-order valence-electron chi connectivity index (χ3n) is 1.77. The van der Waals surface area contributed by atoms with E-state index in [1.807, 2.05) is 24.3 Å². The second-order valence-corrected chi connectivity index (χ2v) is 3.57. The molecule has 0 aliphatic heterocycles. The van der Waals surface area contributed by atoms with Crippen LogP contribution >= 0.6 is 15.9 Å². The molecule has 1 radical (unpaired) electrons. The zero-order valence-electron chi connectivity index (χ0n) is 6.25. The first-order chi connectivity index (χ1) is 5.75. The van der Waals surface area contributed by atoms with Crippen LogP contribution in [0.5, 0.6) is 5.75 Å². The maximum Gasteiger partial charge on any atom is 0.179 e. The molecule has 0 bridgehead atoms. The van der Waals surface area contributed by atoms with Crippen molar-refractivity contribution >= 4 is 26.7 Å². The summed E-state index contributed by atoms with van der Waals surface area (Å²) in [6, 6.07) is 10.9. The first kappa shape index (κ1) is 7.62. The van der Waals surface area contributed by atoms with Crippen molar-refractivity contribution in [1.29, 1.82) is 0 Å². The minimum absolute atomic E-state index is 0.0600. The molecule has 0 fully saturated rings. The molecule has 2 heteroatoms. The van der Waals surface area contributed by atoms with Gasteiger partial charge >= 0.3 is 0 Å². The second kappa shape index (κ2) is 2.79. The van der Waals surface area contributed by atoms with Crippen molar-refractivity contribution in [1.82, 2.24) is 0 Å². The normalized spacial score (nSPS) is 10.4. The fourth-order valence-electron chi connectivity index (χ4n) is 1.19. The molecular weight excluding hydrogens is 216 g/mol. The molecule has 2 aromatic carbocycles. The van der Waals surface area contributed by atoms with E-state index in [9.17, 15) is 5.11 Å². The van der Waals surface area contributed by atoms with Crippen molar-refractivity contribution in [3.05, 3.63) is 40.9 Å². The molecule has 0 atom stereocenters. The number of fused-ring (bicyclic) bond motifs is 1. The minimum atomic E-state index is 0.0600. The van der Waals surface area contributed by atoms with Gasteiger partial charge in [0.25, 0.3) is 0 Å². The molecule has 0 amide bonds. The molecular formula is C10H6BrO. The highest BCUT2D eigenvalue weighted by molar-refractivity contribution is 9.10. The Hall–Kier alpha value is -1.02. The van der Waals surface area contributed by atoms with Gasteiger partial charge in [-0.15, -0.1) is 0 Å². The van der Waals surface area contributed by atoms with Crippen molar-refractivity contribution in [3.8, 4) is 5.75 Å². The summed E-state index contributed by atoms with van der Waals surface area (Å²) in [6.45, 7) is 0. The van der Waals surface area contributed by atoms with E-state index in [2.05, 4.69) is 15.9 Å². The third-order valence-corrected chi connectivity index (χ3v) is 2.27. The van der Waals surface area contributed by atoms with Crippen LogP contribution in [0.25, 0.3) is 10.8 Å². The first-order valence-corrected chi connectivity index (χ1v) is 4.41. The van der Waals surface area contributed by atoms with E-state index in [4.69, 9.17) is 0 Å². The zero-order valence-corrected chi connectivity index (χ0v) is 7.84. The van der Waals surface area contributed by atoms with Crippen molar-refractivity contribution < 1.29 is 5.11 Å². The van der Waals surface area contributed by atoms with Crippen LogP contribution in [0.1, 0.15) is 0 Å². The van der Waals surface area contributed by atoms with Crippen molar-refractivity contribution in [3.63, 3.8) is 0 Å². The van der Waals surface area contributed by atoms with Crippen LogP contribution in [0.4, 0.5) is 0 Å². The van der Waals surface area contributed by atoms with Crippen LogP contribution < -0.4 is 0 Å². The summed E-state index contributed by atoms with van der Waals surface area (Å²) in [5.41, 5.74) is 0. The Balaban J connectivity index is 2.79. The highest BCUT2D eigenvalue weighted by atomic mass is 79.9. The van der Waals surface area contributed by atoms with Gasteiger partial charge < -0.3 is 0 Å². The lowest BCUT2D eigenvalue weighted by atomic mass is 10.1. The summed E-state index contributed by atoms with van der Waals surface area (Å²) in [6.07, 6.45) is 0. The van der Waals surface area contributed by atoms with Crippen LogP contribution in [-0.4, -0.2) is 0 Å². The van der Waals surface area contributed by atoms with E-state index in [0.29, 0.717) is 0 Å². The van der Waals surface area contributed by atoms with E-state index < -0.39 is 0 Å². The predicted molar refractivity (Wildman–Crippen MR) is 51.8 cm³/mol. The van der Waals surface area contributed by atoms with Crippen LogP contribution in [0.2, 0.25) is 0 Å². The average Bonchev–Trinajstić information content (AvgIpc) is 2.05. The van der Waals surface area contributed by atoms with E-state index in [-0.39, 0.29) is 5.75 Å². The summed E-state index contributed by atoms with van der Waals surface area (Å²) >= 11 is 3.37.